The molecule has 1 aromatic carbocycles. The van der Waals surface area contributed by atoms with E-state index in [9.17, 15) is 23.1 Å². The molecule has 0 aromatic heterocycles. The molecule has 1 amide bonds. The summed E-state index contributed by atoms with van der Waals surface area (Å²) in [6, 6.07) is 7.18. The molecule has 3 nitrogen and oxygen atoms in total. The van der Waals surface area contributed by atoms with Crippen molar-refractivity contribution in [3.63, 3.8) is 0 Å². The lowest BCUT2D eigenvalue weighted by molar-refractivity contribution is -0.119. The fourth-order valence-corrected chi connectivity index (χ4v) is 2.39. The largest absolute Gasteiger partial charge is 0.417 e. The van der Waals surface area contributed by atoms with Crippen molar-refractivity contribution < 1.29 is 23.1 Å². The molecule has 1 saturated carbocycles. The molecule has 0 bridgehead atoms. The number of halogens is 3. The summed E-state index contributed by atoms with van der Waals surface area (Å²) in [5.41, 5.74) is -1.94. The third-order valence-electron chi connectivity index (χ3n) is 3.88. The van der Waals surface area contributed by atoms with Crippen LogP contribution < -0.4 is 5.32 Å². The first-order valence-corrected chi connectivity index (χ1v) is 7.03. The van der Waals surface area contributed by atoms with E-state index in [2.05, 4.69) is 5.32 Å². The zero-order valence-electron chi connectivity index (χ0n) is 12.2. The highest BCUT2D eigenvalue weighted by atomic mass is 19.4. The van der Waals surface area contributed by atoms with Crippen LogP contribution in [0, 0.1) is 5.92 Å². The van der Waals surface area contributed by atoms with Gasteiger partial charge in [-0.2, -0.15) is 13.2 Å². The van der Waals surface area contributed by atoms with E-state index < -0.39 is 23.2 Å². The van der Waals surface area contributed by atoms with Crippen molar-refractivity contribution in [2.75, 3.05) is 6.61 Å². The van der Waals surface area contributed by atoms with Gasteiger partial charge in [0.25, 0.3) is 0 Å². The summed E-state index contributed by atoms with van der Waals surface area (Å²) in [6.45, 7) is 1.34. The predicted octanol–water partition coefficient (Wildman–Crippen LogP) is 2.91. The lowest BCUT2D eigenvalue weighted by atomic mass is 9.96. The second-order valence-electron chi connectivity index (χ2n) is 5.76. The molecular formula is C16H18F3NO2. The lowest BCUT2D eigenvalue weighted by Crippen LogP contribution is -2.50. The zero-order chi connectivity index (χ0) is 16.4. The van der Waals surface area contributed by atoms with Gasteiger partial charge in [-0.1, -0.05) is 30.3 Å². The van der Waals surface area contributed by atoms with Crippen molar-refractivity contribution in [3.8, 4) is 0 Å². The van der Waals surface area contributed by atoms with E-state index in [1.165, 1.54) is 24.3 Å². The van der Waals surface area contributed by atoms with Gasteiger partial charge in [0, 0.05) is 6.08 Å². The molecule has 2 N–H and O–H groups in total. The Morgan fingerprint density at radius 2 is 1.91 bits per heavy atom. The number of allylic oxidation sites excluding steroid dienone is 1. The normalized spacial score (nSPS) is 18.7. The predicted molar refractivity (Wildman–Crippen MR) is 76.8 cm³/mol. The molecule has 1 unspecified atom stereocenters. The van der Waals surface area contributed by atoms with Crippen molar-refractivity contribution in [1.29, 1.82) is 0 Å². The monoisotopic (exact) mass is 313 g/mol. The highest BCUT2D eigenvalue weighted by Gasteiger charge is 2.42. The molecule has 2 rings (SSSR count). The van der Waals surface area contributed by atoms with Gasteiger partial charge in [0.05, 0.1) is 17.7 Å². The number of carbonyl (C=O) groups excluding carboxylic acids is 1. The Bertz CT molecular complexity index is 565. The number of aliphatic hydroxyl groups is 1. The van der Waals surface area contributed by atoms with E-state index in [0.29, 0.717) is 6.08 Å². The summed E-state index contributed by atoms with van der Waals surface area (Å²) in [5.74, 6) is -0.736. The quantitative estimate of drug-likeness (QED) is 0.821. The number of hydrogen-bond acceptors (Lipinski definition) is 2. The van der Waals surface area contributed by atoms with Crippen molar-refractivity contribution in [1.82, 2.24) is 5.32 Å². The lowest BCUT2D eigenvalue weighted by Gasteiger charge is -2.28. The van der Waals surface area contributed by atoms with E-state index in [4.69, 9.17) is 0 Å². The molecule has 120 valence electrons. The van der Waals surface area contributed by atoms with Crippen LogP contribution in [0.1, 0.15) is 25.3 Å². The Morgan fingerprint density at radius 3 is 2.36 bits per heavy atom. The van der Waals surface area contributed by atoms with Crippen molar-refractivity contribution in [2.24, 2.45) is 5.92 Å². The Kier molecular flexibility index (Phi) is 4.60. The minimum atomic E-state index is -4.63. The number of benzene rings is 1. The zero-order valence-corrected chi connectivity index (χ0v) is 12.2. The van der Waals surface area contributed by atoms with Gasteiger partial charge in [0.1, 0.15) is 0 Å². The van der Waals surface area contributed by atoms with Gasteiger partial charge in [-0.05, 0) is 31.2 Å². The maximum absolute atomic E-state index is 13.2. The van der Waals surface area contributed by atoms with Gasteiger partial charge < -0.3 is 10.4 Å². The summed E-state index contributed by atoms with van der Waals surface area (Å²) >= 11 is 0. The van der Waals surface area contributed by atoms with Crippen molar-refractivity contribution in [2.45, 2.75) is 31.5 Å². The standard InChI is InChI=1S/C16H18F3NO2/c1-15(10-21,12-7-8-12)20-14(22)9-13(16(17,18)19)11-5-3-2-4-6-11/h2-6,9,12,21H,7-8,10H2,1H3,(H,20,22)/b13-9-. The number of rotatable bonds is 5. The second kappa shape index (κ2) is 6.12. The first kappa shape index (κ1) is 16.5. The Morgan fingerprint density at radius 1 is 1.32 bits per heavy atom. The minimum absolute atomic E-state index is 0.0673. The SMILES string of the molecule is CC(CO)(NC(=O)/C=C(/c1ccccc1)C(F)(F)F)C1CC1. The van der Waals surface area contributed by atoms with Crippen LogP contribution in [0.15, 0.2) is 36.4 Å². The van der Waals surface area contributed by atoms with Crippen LogP contribution in [-0.4, -0.2) is 29.3 Å². The fraction of sp³-hybridized carbons (Fsp3) is 0.438. The number of amides is 1. The minimum Gasteiger partial charge on any atom is -0.394 e. The number of aliphatic hydroxyl groups excluding tert-OH is 1. The van der Waals surface area contributed by atoms with Gasteiger partial charge in [0.15, 0.2) is 0 Å². The van der Waals surface area contributed by atoms with Gasteiger partial charge in [-0.25, -0.2) is 0 Å². The number of nitrogens with one attached hydrogen (secondary N) is 1. The molecule has 0 heterocycles. The van der Waals surface area contributed by atoms with Crippen molar-refractivity contribution in [3.05, 3.63) is 42.0 Å². The first-order chi connectivity index (χ1) is 10.3. The molecule has 1 fully saturated rings. The van der Waals surface area contributed by atoms with Gasteiger partial charge >= 0.3 is 6.18 Å². The van der Waals surface area contributed by atoms with E-state index in [-0.39, 0.29) is 18.1 Å². The molecule has 0 saturated heterocycles. The average molecular weight is 313 g/mol. The van der Waals surface area contributed by atoms with Gasteiger partial charge in [-0.3, -0.25) is 4.79 Å². The second-order valence-corrected chi connectivity index (χ2v) is 5.76. The van der Waals surface area contributed by atoms with Crippen LogP contribution in [0.4, 0.5) is 13.2 Å². The van der Waals surface area contributed by atoms with Crippen LogP contribution >= 0.6 is 0 Å². The smallest absolute Gasteiger partial charge is 0.394 e. The summed E-state index contributed by atoms with van der Waals surface area (Å²) in [6.07, 6.45) is -2.36. The fourth-order valence-electron chi connectivity index (χ4n) is 2.39. The summed E-state index contributed by atoms with van der Waals surface area (Å²) in [4.78, 5) is 12.0. The molecule has 1 aliphatic rings. The highest BCUT2D eigenvalue weighted by molar-refractivity contribution is 5.96. The number of hydrogen-bond donors (Lipinski definition) is 2. The molecule has 6 heteroatoms. The molecule has 22 heavy (non-hydrogen) atoms. The van der Waals surface area contributed by atoms with Crippen LogP contribution in [0.2, 0.25) is 0 Å². The summed E-state index contributed by atoms with van der Waals surface area (Å²) < 4.78 is 39.5. The Hall–Kier alpha value is -1.82. The summed E-state index contributed by atoms with van der Waals surface area (Å²) in [7, 11) is 0. The van der Waals surface area contributed by atoms with E-state index in [0.717, 1.165) is 12.8 Å². The van der Waals surface area contributed by atoms with Crippen LogP contribution in [0.25, 0.3) is 5.57 Å². The van der Waals surface area contributed by atoms with Crippen LogP contribution in [-0.2, 0) is 4.79 Å². The van der Waals surface area contributed by atoms with Gasteiger partial charge in [0.2, 0.25) is 5.91 Å². The van der Waals surface area contributed by atoms with Crippen molar-refractivity contribution >= 4 is 11.5 Å². The van der Waals surface area contributed by atoms with E-state index >= 15 is 0 Å². The maximum atomic E-state index is 13.2. The molecule has 0 radical (unpaired) electrons. The topological polar surface area (TPSA) is 49.3 Å². The molecule has 1 atom stereocenters. The number of carbonyl (C=O) groups is 1. The molecule has 0 spiro atoms. The van der Waals surface area contributed by atoms with Crippen LogP contribution in [0.5, 0.6) is 0 Å². The van der Waals surface area contributed by atoms with E-state index in [1.807, 2.05) is 0 Å². The number of alkyl halides is 3. The molecular weight excluding hydrogens is 295 g/mol. The molecule has 1 aromatic rings. The third kappa shape index (κ3) is 3.88. The third-order valence-corrected chi connectivity index (χ3v) is 3.88. The van der Waals surface area contributed by atoms with Gasteiger partial charge in [-0.15, -0.1) is 0 Å². The van der Waals surface area contributed by atoms with Crippen LogP contribution in [0.3, 0.4) is 0 Å². The Labute approximate surface area is 126 Å². The highest BCUT2D eigenvalue weighted by Crippen LogP contribution is 2.39. The average Bonchev–Trinajstić information content (AvgIpc) is 3.29. The molecule has 1 aliphatic carbocycles. The van der Waals surface area contributed by atoms with E-state index in [1.54, 1.807) is 13.0 Å². The maximum Gasteiger partial charge on any atom is 0.417 e. The summed E-state index contributed by atoms with van der Waals surface area (Å²) in [5, 5.41) is 11.9. The first-order valence-electron chi connectivity index (χ1n) is 7.03. The molecule has 0 aliphatic heterocycles. The Balaban J connectivity index is 2.24.